The van der Waals surface area contributed by atoms with E-state index >= 15 is 0 Å². The molecule has 0 aromatic heterocycles. The molecule has 1 atom stereocenters. The molecular formula is C8H11FN2. The summed E-state index contributed by atoms with van der Waals surface area (Å²) in [5.41, 5.74) is 6.04. The Morgan fingerprint density at radius 3 is 2.64 bits per heavy atom. The van der Waals surface area contributed by atoms with Crippen molar-refractivity contribution in [1.82, 2.24) is 5.32 Å². The molecule has 1 rings (SSSR count). The van der Waals surface area contributed by atoms with Crippen LogP contribution in [-0.4, -0.2) is 7.05 Å². The Kier molecular flexibility index (Phi) is 2.57. The number of rotatable bonds is 2. The number of nitrogens with one attached hydrogen (secondary N) is 1. The predicted octanol–water partition coefficient (Wildman–Crippen LogP) is 1.00. The minimum atomic E-state index is -0.420. The van der Waals surface area contributed by atoms with Gasteiger partial charge in [-0.1, -0.05) is 18.2 Å². The molecule has 60 valence electrons. The Morgan fingerprint density at radius 1 is 1.45 bits per heavy atom. The highest BCUT2D eigenvalue weighted by molar-refractivity contribution is 5.19. The predicted molar refractivity (Wildman–Crippen MR) is 42.4 cm³/mol. The molecule has 0 amide bonds. The van der Waals surface area contributed by atoms with Crippen molar-refractivity contribution in [2.45, 2.75) is 6.17 Å². The van der Waals surface area contributed by atoms with E-state index in [1.165, 1.54) is 6.07 Å². The molecule has 0 radical (unpaired) electrons. The van der Waals surface area contributed by atoms with Crippen LogP contribution in [-0.2, 0) is 0 Å². The normalized spacial score (nSPS) is 13.0. The van der Waals surface area contributed by atoms with Crippen LogP contribution in [0.5, 0.6) is 0 Å². The highest BCUT2D eigenvalue weighted by Gasteiger charge is 2.06. The number of benzene rings is 1. The molecule has 2 nitrogen and oxygen atoms in total. The number of hydrogen-bond donors (Lipinski definition) is 2. The fourth-order valence-corrected chi connectivity index (χ4v) is 0.883. The minimum absolute atomic E-state index is 0.269. The maximum absolute atomic E-state index is 12.9. The lowest BCUT2D eigenvalue weighted by molar-refractivity contribution is 0.549. The maximum atomic E-state index is 12.9. The summed E-state index contributed by atoms with van der Waals surface area (Å²) < 4.78 is 12.9. The van der Waals surface area contributed by atoms with Gasteiger partial charge in [0, 0.05) is 5.56 Å². The van der Waals surface area contributed by atoms with Gasteiger partial charge in [0.05, 0.1) is 6.17 Å². The van der Waals surface area contributed by atoms with Gasteiger partial charge in [-0.2, -0.15) is 0 Å². The van der Waals surface area contributed by atoms with Gasteiger partial charge in [-0.25, -0.2) is 4.39 Å². The molecule has 1 unspecified atom stereocenters. The Labute approximate surface area is 65.2 Å². The van der Waals surface area contributed by atoms with Crippen LogP contribution >= 0.6 is 0 Å². The van der Waals surface area contributed by atoms with Crippen molar-refractivity contribution in [3.05, 3.63) is 35.6 Å². The zero-order valence-corrected chi connectivity index (χ0v) is 6.34. The Bertz CT molecular complexity index is 237. The van der Waals surface area contributed by atoms with Gasteiger partial charge in [0.1, 0.15) is 5.82 Å². The molecule has 1 aromatic carbocycles. The topological polar surface area (TPSA) is 38.0 Å². The Balaban J connectivity index is 2.93. The summed E-state index contributed by atoms with van der Waals surface area (Å²) in [6, 6.07) is 6.46. The molecule has 0 saturated carbocycles. The van der Waals surface area contributed by atoms with E-state index in [1.807, 2.05) is 0 Å². The molecule has 0 saturated heterocycles. The van der Waals surface area contributed by atoms with E-state index < -0.39 is 6.17 Å². The average Bonchev–Trinajstić information content (AvgIpc) is 2.04. The van der Waals surface area contributed by atoms with Gasteiger partial charge in [0.15, 0.2) is 0 Å². The summed E-state index contributed by atoms with van der Waals surface area (Å²) in [6.45, 7) is 0. The van der Waals surface area contributed by atoms with Gasteiger partial charge in [0.25, 0.3) is 0 Å². The third kappa shape index (κ3) is 1.76. The lowest BCUT2D eigenvalue weighted by atomic mass is 10.2. The van der Waals surface area contributed by atoms with Crippen molar-refractivity contribution in [2.75, 3.05) is 7.05 Å². The lowest BCUT2D eigenvalue weighted by Crippen LogP contribution is -2.25. The summed E-state index contributed by atoms with van der Waals surface area (Å²) in [6.07, 6.45) is -0.420. The Hall–Kier alpha value is -0.930. The standard InChI is InChI=1S/C8H11FN2/c1-11-8(10)6-4-2-3-5-7(6)9/h2-5,8,11H,10H2,1H3. The van der Waals surface area contributed by atoms with E-state index in [-0.39, 0.29) is 5.82 Å². The minimum Gasteiger partial charge on any atom is -0.312 e. The van der Waals surface area contributed by atoms with Crippen molar-refractivity contribution in [1.29, 1.82) is 0 Å². The van der Waals surface area contributed by atoms with Gasteiger partial charge in [-0.3, -0.25) is 0 Å². The molecule has 0 aliphatic carbocycles. The number of halogens is 1. The third-order valence-corrected chi connectivity index (χ3v) is 1.55. The second-order valence-corrected chi connectivity index (χ2v) is 2.29. The SMILES string of the molecule is CNC(N)c1ccccc1F. The second kappa shape index (κ2) is 3.46. The van der Waals surface area contributed by atoms with E-state index in [0.29, 0.717) is 5.56 Å². The fraction of sp³-hybridized carbons (Fsp3) is 0.250. The second-order valence-electron chi connectivity index (χ2n) is 2.29. The molecular weight excluding hydrogens is 143 g/mol. The van der Waals surface area contributed by atoms with Gasteiger partial charge in [0.2, 0.25) is 0 Å². The molecule has 0 aliphatic heterocycles. The highest BCUT2D eigenvalue weighted by Crippen LogP contribution is 2.10. The van der Waals surface area contributed by atoms with Crippen LogP contribution < -0.4 is 11.1 Å². The van der Waals surface area contributed by atoms with Crippen molar-refractivity contribution >= 4 is 0 Å². The number of nitrogens with two attached hydrogens (primary N) is 1. The monoisotopic (exact) mass is 154 g/mol. The van der Waals surface area contributed by atoms with Gasteiger partial charge in [-0.15, -0.1) is 0 Å². The van der Waals surface area contributed by atoms with Crippen LogP contribution in [0.1, 0.15) is 11.7 Å². The van der Waals surface area contributed by atoms with E-state index in [1.54, 1.807) is 25.2 Å². The van der Waals surface area contributed by atoms with E-state index in [2.05, 4.69) is 5.32 Å². The van der Waals surface area contributed by atoms with E-state index in [0.717, 1.165) is 0 Å². The molecule has 0 fully saturated rings. The maximum Gasteiger partial charge on any atom is 0.129 e. The average molecular weight is 154 g/mol. The first-order valence-corrected chi connectivity index (χ1v) is 3.43. The van der Waals surface area contributed by atoms with Crippen LogP contribution in [0.3, 0.4) is 0 Å². The van der Waals surface area contributed by atoms with Crippen LogP contribution in [0.2, 0.25) is 0 Å². The molecule has 3 N–H and O–H groups in total. The molecule has 3 heteroatoms. The van der Waals surface area contributed by atoms with Crippen LogP contribution in [0.25, 0.3) is 0 Å². The number of hydrogen-bond acceptors (Lipinski definition) is 2. The van der Waals surface area contributed by atoms with E-state index in [9.17, 15) is 4.39 Å². The summed E-state index contributed by atoms with van der Waals surface area (Å²) in [5, 5.41) is 2.76. The summed E-state index contributed by atoms with van der Waals surface area (Å²) in [7, 11) is 1.69. The summed E-state index contributed by atoms with van der Waals surface area (Å²) in [4.78, 5) is 0. The smallest absolute Gasteiger partial charge is 0.129 e. The summed E-state index contributed by atoms with van der Waals surface area (Å²) >= 11 is 0. The molecule has 0 bridgehead atoms. The third-order valence-electron chi connectivity index (χ3n) is 1.55. The van der Waals surface area contributed by atoms with Crippen LogP contribution in [0.15, 0.2) is 24.3 Å². The van der Waals surface area contributed by atoms with Crippen molar-refractivity contribution in [3.8, 4) is 0 Å². The van der Waals surface area contributed by atoms with E-state index in [4.69, 9.17) is 5.73 Å². The lowest BCUT2D eigenvalue weighted by Gasteiger charge is -2.10. The highest BCUT2D eigenvalue weighted by atomic mass is 19.1. The van der Waals surface area contributed by atoms with Gasteiger partial charge < -0.3 is 11.1 Å². The van der Waals surface area contributed by atoms with Crippen molar-refractivity contribution in [2.24, 2.45) is 5.73 Å². The first-order chi connectivity index (χ1) is 5.25. The molecule has 11 heavy (non-hydrogen) atoms. The van der Waals surface area contributed by atoms with Crippen molar-refractivity contribution < 1.29 is 4.39 Å². The molecule has 0 aliphatic rings. The largest absolute Gasteiger partial charge is 0.312 e. The van der Waals surface area contributed by atoms with Gasteiger partial charge >= 0.3 is 0 Å². The van der Waals surface area contributed by atoms with Crippen LogP contribution in [0, 0.1) is 5.82 Å². The first kappa shape index (κ1) is 8.17. The molecule has 0 heterocycles. The van der Waals surface area contributed by atoms with Crippen LogP contribution in [0.4, 0.5) is 4.39 Å². The quantitative estimate of drug-likeness (QED) is 0.624. The molecule has 0 spiro atoms. The zero-order chi connectivity index (χ0) is 8.27. The fourth-order valence-electron chi connectivity index (χ4n) is 0.883. The molecule has 1 aromatic rings. The van der Waals surface area contributed by atoms with Crippen molar-refractivity contribution in [3.63, 3.8) is 0 Å². The first-order valence-electron chi connectivity index (χ1n) is 3.43. The summed E-state index contributed by atoms with van der Waals surface area (Å²) in [5.74, 6) is -0.269. The van der Waals surface area contributed by atoms with Gasteiger partial charge in [-0.05, 0) is 13.1 Å². The zero-order valence-electron chi connectivity index (χ0n) is 6.34. The Morgan fingerprint density at radius 2 is 2.09 bits per heavy atom.